The predicted octanol–water partition coefficient (Wildman–Crippen LogP) is 3.45. The molecule has 1 atom stereocenters. The molecule has 1 heterocycles. The molecule has 0 spiro atoms. The normalized spacial score (nSPS) is 15.6. The van der Waals surface area contributed by atoms with Crippen LogP contribution in [0, 0.1) is 11.8 Å². The summed E-state index contributed by atoms with van der Waals surface area (Å²) in [5.41, 5.74) is 0.548. The molecule has 1 aliphatic rings. The first-order valence-electron chi connectivity index (χ1n) is 10.4. The van der Waals surface area contributed by atoms with Crippen molar-refractivity contribution < 1.29 is 32.0 Å². The summed E-state index contributed by atoms with van der Waals surface area (Å²) in [6.07, 6.45) is 4.78. The third-order valence-electron chi connectivity index (χ3n) is 5.65. The van der Waals surface area contributed by atoms with Crippen LogP contribution in [0.15, 0.2) is 39.8 Å². The van der Waals surface area contributed by atoms with E-state index in [0.717, 1.165) is 32.1 Å². The zero-order valence-electron chi connectivity index (χ0n) is 18.2. The van der Waals surface area contributed by atoms with E-state index in [4.69, 9.17) is 21.1 Å². The Kier molecular flexibility index (Phi) is 8.20. The molecule has 0 amide bonds. The van der Waals surface area contributed by atoms with Gasteiger partial charge >= 0.3 is 11.9 Å². The molecule has 1 unspecified atom stereocenters. The highest BCUT2D eigenvalue weighted by molar-refractivity contribution is 7.92. The molecule has 0 radical (unpaired) electrons. The Morgan fingerprint density at radius 1 is 1.09 bits per heavy atom. The van der Waals surface area contributed by atoms with Gasteiger partial charge in [-0.15, -0.1) is 0 Å². The Hall–Kier alpha value is -2.79. The Labute approximate surface area is 197 Å². The van der Waals surface area contributed by atoms with Crippen molar-refractivity contribution in [2.75, 3.05) is 24.3 Å². The van der Waals surface area contributed by atoms with Gasteiger partial charge in [0, 0.05) is 11.8 Å². The number of aromatic nitrogens is 1. The number of ether oxygens (including phenoxy) is 2. The van der Waals surface area contributed by atoms with Crippen LogP contribution in [-0.4, -0.2) is 45.8 Å². The van der Waals surface area contributed by atoms with Gasteiger partial charge in [0.1, 0.15) is 0 Å². The molecule has 1 aromatic carbocycles. The van der Waals surface area contributed by atoms with E-state index in [1.807, 2.05) is 0 Å². The molecule has 1 saturated carbocycles. The van der Waals surface area contributed by atoms with E-state index in [2.05, 4.69) is 19.7 Å². The minimum atomic E-state index is -3.92. The minimum Gasteiger partial charge on any atom is -0.468 e. The molecular weight excluding hydrogens is 474 g/mol. The van der Waals surface area contributed by atoms with Crippen LogP contribution >= 0.6 is 11.6 Å². The first-order chi connectivity index (χ1) is 15.7. The fourth-order valence-corrected chi connectivity index (χ4v) is 5.15. The summed E-state index contributed by atoms with van der Waals surface area (Å²) in [5.74, 6) is -2.51. The number of nitrogens with one attached hydrogen (secondary N) is 2. The number of nitrogens with zero attached hydrogens (tertiary/aromatic N) is 1. The molecule has 0 bridgehead atoms. The number of sulfonamides is 1. The van der Waals surface area contributed by atoms with Gasteiger partial charge in [0.25, 0.3) is 10.0 Å². The molecular formula is C21H26ClN3O7S. The van der Waals surface area contributed by atoms with Crippen molar-refractivity contribution in [3.05, 3.63) is 35.6 Å². The zero-order chi connectivity index (χ0) is 24.0. The van der Waals surface area contributed by atoms with Crippen LogP contribution in [0.1, 0.15) is 32.1 Å². The number of hydrogen-bond acceptors (Lipinski definition) is 9. The standard InChI is InChI=1S/C21H26ClN3O7S/c1-30-20(26)18(21(27)31-2)19(13-6-4-3-5-7-13)23-14-8-10-15(11-9-14)33(28,29)25-17-12-16(22)32-24-17/h8-13,18-19,23H,3-7H2,1-2H3,(H,24,25). The van der Waals surface area contributed by atoms with Crippen molar-refractivity contribution in [2.45, 2.75) is 43.0 Å². The number of esters is 2. The van der Waals surface area contributed by atoms with Gasteiger partial charge in [0.05, 0.1) is 25.2 Å². The van der Waals surface area contributed by atoms with E-state index in [0.29, 0.717) is 5.69 Å². The number of benzene rings is 1. The summed E-state index contributed by atoms with van der Waals surface area (Å²) < 4.78 is 41.8. The summed E-state index contributed by atoms with van der Waals surface area (Å²) in [4.78, 5) is 24.9. The third kappa shape index (κ3) is 6.17. The van der Waals surface area contributed by atoms with Crippen molar-refractivity contribution >= 4 is 45.1 Å². The highest BCUT2D eigenvalue weighted by Gasteiger charge is 2.41. The third-order valence-corrected chi connectivity index (χ3v) is 7.19. The van der Waals surface area contributed by atoms with E-state index in [-0.39, 0.29) is 21.9 Å². The van der Waals surface area contributed by atoms with Crippen LogP contribution in [0.5, 0.6) is 0 Å². The quantitative estimate of drug-likeness (QED) is 0.392. The summed E-state index contributed by atoms with van der Waals surface area (Å²) in [7, 11) is -1.47. The van der Waals surface area contributed by atoms with Crippen molar-refractivity contribution in [2.24, 2.45) is 11.8 Å². The van der Waals surface area contributed by atoms with E-state index in [1.54, 1.807) is 12.1 Å². The largest absolute Gasteiger partial charge is 0.468 e. The van der Waals surface area contributed by atoms with Gasteiger partial charge < -0.3 is 19.3 Å². The van der Waals surface area contributed by atoms with Crippen LogP contribution < -0.4 is 10.0 Å². The first kappa shape index (κ1) is 24.8. The molecule has 2 aromatic rings. The summed E-state index contributed by atoms with van der Waals surface area (Å²) in [6.45, 7) is 0. The van der Waals surface area contributed by atoms with Crippen molar-refractivity contribution in [1.82, 2.24) is 5.16 Å². The van der Waals surface area contributed by atoms with Gasteiger partial charge in [-0.1, -0.05) is 24.4 Å². The smallest absolute Gasteiger partial charge is 0.322 e. The fraction of sp³-hybridized carbons (Fsp3) is 0.476. The summed E-state index contributed by atoms with van der Waals surface area (Å²) in [5, 5.41) is 6.71. The molecule has 0 saturated heterocycles. The lowest BCUT2D eigenvalue weighted by Gasteiger charge is -2.34. The van der Waals surface area contributed by atoms with E-state index in [9.17, 15) is 18.0 Å². The van der Waals surface area contributed by atoms with Crippen molar-refractivity contribution in [3.63, 3.8) is 0 Å². The highest BCUT2D eigenvalue weighted by atomic mass is 35.5. The molecule has 12 heteroatoms. The SMILES string of the molecule is COC(=O)C(C(=O)OC)C(Nc1ccc(S(=O)(=O)Nc2cc(Cl)on2)cc1)C1CCCCC1. The maximum atomic E-state index is 12.6. The van der Waals surface area contributed by atoms with Crippen LogP contribution in [0.25, 0.3) is 0 Å². The second kappa shape index (κ2) is 10.9. The molecule has 33 heavy (non-hydrogen) atoms. The van der Waals surface area contributed by atoms with Crippen LogP contribution in [0.2, 0.25) is 5.22 Å². The van der Waals surface area contributed by atoms with Gasteiger partial charge in [-0.25, -0.2) is 8.42 Å². The average molecular weight is 500 g/mol. The van der Waals surface area contributed by atoms with Gasteiger partial charge in [0.15, 0.2) is 11.7 Å². The second-order valence-corrected chi connectivity index (χ2v) is 9.79. The van der Waals surface area contributed by atoms with E-state index in [1.165, 1.54) is 32.4 Å². The fourth-order valence-electron chi connectivity index (χ4n) is 4.03. The lowest BCUT2D eigenvalue weighted by atomic mass is 9.78. The minimum absolute atomic E-state index is 0.0149. The number of hydrogen-bond donors (Lipinski definition) is 2. The molecule has 10 nitrogen and oxygen atoms in total. The van der Waals surface area contributed by atoms with Crippen molar-refractivity contribution in [1.29, 1.82) is 0 Å². The molecule has 3 rings (SSSR count). The van der Waals surface area contributed by atoms with Gasteiger partial charge in [-0.3, -0.25) is 14.3 Å². The predicted molar refractivity (Wildman–Crippen MR) is 120 cm³/mol. The Balaban J connectivity index is 1.83. The topological polar surface area (TPSA) is 137 Å². The Morgan fingerprint density at radius 3 is 2.21 bits per heavy atom. The number of anilines is 2. The van der Waals surface area contributed by atoms with Crippen LogP contribution in [0.4, 0.5) is 11.5 Å². The lowest BCUT2D eigenvalue weighted by Crippen LogP contribution is -2.46. The lowest BCUT2D eigenvalue weighted by molar-refractivity contribution is -0.160. The maximum absolute atomic E-state index is 12.6. The number of carbonyl (C=O) groups excluding carboxylic acids is 2. The van der Waals surface area contributed by atoms with Gasteiger partial charge in [0.2, 0.25) is 5.22 Å². The van der Waals surface area contributed by atoms with Crippen LogP contribution in [0.3, 0.4) is 0 Å². The Morgan fingerprint density at radius 2 is 1.70 bits per heavy atom. The highest BCUT2D eigenvalue weighted by Crippen LogP contribution is 2.33. The second-order valence-electron chi connectivity index (χ2n) is 7.74. The molecule has 1 fully saturated rings. The monoisotopic (exact) mass is 499 g/mol. The first-order valence-corrected chi connectivity index (χ1v) is 12.3. The van der Waals surface area contributed by atoms with Crippen LogP contribution in [-0.2, 0) is 29.1 Å². The van der Waals surface area contributed by atoms with Gasteiger partial charge in [-0.2, -0.15) is 0 Å². The summed E-state index contributed by atoms with van der Waals surface area (Å²) >= 11 is 5.62. The zero-order valence-corrected chi connectivity index (χ0v) is 19.8. The number of rotatable bonds is 9. The molecule has 1 aromatic heterocycles. The van der Waals surface area contributed by atoms with Gasteiger partial charge in [-0.05, 0) is 54.6 Å². The van der Waals surface area contributed by atoms with E-state index < -0.39 is 33.9 Å². The number of methoxy groups -OCH3 is 2. The Bertz CT molecular complexity index is 1050. The van der Waals surface area contributed by atoms with Crippen molar-refractivity contribution in [3.8, 4) is 0 Å². The number of carbonyl (C=O) groups is 2. The molecule has 0 aliphatic heterocycles. The maximum Gasteiger partial charge on any atom is 0.322 e. The van der Waals surface area contributed by atoms with E-state index >= 15 is 0 Å². The average Bonchev–Trinajstić information content (AvgIpc) is 3.22. The molecule has 1 aliphatic carbocycles. The number of halogens is 1. The molecule has 2 N–H and O–H groups in total. The summed E-state index contributed by atoms with van der Waals surface area (Å²) in [6, 6.07) is 6.59. The molecule has 180 valence electrons.